The Morgan fingerprint density at radius 3 is 2.43 bits per heavy atom. The minimum absolute atomic E-state index is 0.421. The molecule has 2 heterocycles. The van der Waals surface area contributed by atoms with Crippen LogP contribution in [0, 0.1) is 0 Å². The van der Waals surface area contributed by atoms with Crippen LogP contribution >= 0.6 is 0 Å². The van der Waals surface area contributed by atoms with Crippen LogP contribution in [0.1, 0.15) is 6.92 Å². The maximum atomic E-state index is 6.31. The largest absolute Gasteiger partial charge is 0.494 e. The van der Waals surface area contributed by atoms with Crippen molar-refractivity contribution in [2.45, 2.75) is 6.92 Å². The van der Waals surface area contributed by atoms with E-state index in [0.29, 0.717) is 23.9 Å². The number of pyridine rings is 1. The molecule has 2 aromatic carbocycles. The molecule has 0 amide bonds. The van der Waals surface area contributed by atoms with Gasteiger partial charge < -0.3 is 21.1 Å². The van der Waals surface area contributed by atoms with E-state index in [9.17, 15) is 0 Å². The first-order chi connectivity index (χ1) is 13.7. The fourth-order valence-electron chi connectivity index (χ4n) is 2.87. The molecule has 0 saturated carbocycles. The molecule has 0 unspecified atom stereocenters. The Balaban J connectivity index is 1.59. The van der Waals surface area contributed by atoms with E-state index in [1.165, 1.54) is 6.33 Å². The van der Waals surface area contributed by atoms with Crippen LogP contribution in [0.25, 0.3) is 10.9 Å². The van der Waals surface area contributed by atoms with E-state index in [2.05, 4.69) is 25.6 Å². The highest BCUT2D eigenvalue weighted by molar-refractivity contribution is 5.93. The van der Waals surface area contributed by atoms with Crippen LogP contribution in [0.2, 0.25) is 0 Å². The molecule has 4 aromatic rings. The summed E-state index contributed by atoms with van der Waals surface area (Å²) in [6.45, 7) is 2.58. The van der Waals surface area contributed by atoms with E-state index in [4.69, 9.17) is 10.5 Å². The van der Waals surface area contributed by atoms with Crippen molar-refractivity contribution in [3.05, 3.63) is 67.1 Å². The maximum absolute atomic E-state index is 6.31. The van der Waals surface area contributed by atoms with Gasteiger partial charge in [-0.25, -0.2) is 9.97 Å². The van der Waals surface area contributed by atoms with E-state index in [-0.39, 0.29) is 0 Å². The van der Waals surface area contributed by atoms with Gasteiger partial charge in [0.05, 0.1) is 17.8 Å². The van der Waals surface area contributed by atoms with Crippen LogP contribution in [-0.2, 0) is 0 Å². The molecule has 0 spiro atoms. The SMILES string of the molecule is CCOc1ccc(Nc2ncnc(Nc3cccc4cccnc34)c2N)cc1. The molecular weight excluding hydrogens is 352 g/mol. The summed E-state index contributed by atoms with van der Waals surface area (Å²) in [4.78, 5) is 13.0. The highest BCUT2D eigenvalue weighted by Crippen LogP contribution is 2.30. The van der Waals surface area contributed by atoms with Crippen molar-refractivity contribution in [1.29, 1.82) is 0 Å². The molecule has 0 bridgehead atoms. The van der Waals surface area contributed by atoms with E-state index < -0.39 is 0 Å². The first-order valence-electron chi connectivity index (χ1n) is 8.95. The summed E-state index contributed by atoms with van der Waals surface area (Å²) in [7, 11) is 0. The van der Waals surface area contributed by atoms with Gasteiger partial charge in [0.2, 0.25) is 0 Å². The zero-order chi connectivity index (χ0) is 19.3. The molecular formula is C21H20N6O. The lowest BCUT2D eigenvalue weighted by Gasteiger charge is -2.14. The highest BCUT2D eigenvalue weighted by Gasteiger charge is 2.11. The number of hydrogen-bond donors (Lipinski definition) is 3. The molecule has 7 heteroatoms. The third-order valence-corrected chi connectivity index (χ3v) is 4.20. The predicted molar refractivity (Wildman–Crippen MR) is 112 cm³/mol. The van der Waals surface area contributed by atoms with E-state index in [1.807, 2.05) is 61.5 Å². The molecule has 0 atom stereocenters. The van der Waals surface area contributed by atoms with Gasteiger partial charge in [0.1, 0.15) is 17.8 Å². The average Bonchev–Trinajstić information content (AvgIpc) is 2.73. The number of nitrogens with zero attached hydrogens (tertiary/aromatic N) is 3. The first kappa shape index (κ1) is 17.5. The lowest BCUT2D eigenvalue weighted by molar-refractivity contribution is 0.340. The normalized spacial score (nSPS) is 10.6. The van der Waals surface area contributed by atoms with Crippen molar-refractivity contribution in [2.24, 2.45) is 0 Å². The van der Waals surface area contributed by atoms with Crippen LogP contribution in [-0.4, -0.2) is 21.6 Å². The highest BCUT2D eigenvalue weighted by atomic mass is 16.5. The molecule has 2 aromatic heterocycles. The Bertz CT molecular complexity index is 1090. The number of hydrogen-bond acceptors (Lipinski definition) is 7. The summed E-state index contributed by atoms with van der Waals surface area (Å²) in [5, 5.41) is 7.52. The summed E-state index contributed by atoms with van der Waals surface area (Å²) in [5.74, 6) is 1.85. The van der Waals surface area contributed by atoms with Crippen molar-refractivity contribution in [3.8, 4) is 5.75 Å². The third-order valence-electron chi connectivity index (χ3n) is 4.20. The Hall–Kier alpha value is -3.87. The summed E-state index contributed by atoms with van der Waals surface area (Å²) < 4.78 is 5.46. The minimum atomic E-state index is 0.421. The number of nitrogen functional groups attached to an aromatic ring is 1. The molecule has 0 fully saturated rings. The lowest BCUT2D eigenvalue weighted by atomic mass is 10.2. The van der Waals surface area contributed by atoms with Gasteiger partial charge in [-0.3, -0.25) is 4.98 Å². The van der Waals surface area contributed by atoms with Gasteiger partial charge in [-0.15, -0.1) is 0 Å². The molecule has 7 nitrogen and oxygen atoms in total. The van der Waals surface area contributed by atoms with E-state index in [1.54, 1.807) is 6.20 Å². The van der Waals surface area contributed by atoms with Crippen LogP contribution in [0.5, 0.6) is 5.75 Å². The number of fused-ring (bicyclic) bond motifs is 1. The number of rotatable bonds is 6. The molecule has 4 rings (SSSR count). The van der Waals surface area contributed by atoms with Gasteiger partial charge in [0.25, 0.3) is 0 Å². The Labute approximate surface area is 162 Å². The maximum Gasteiger partial charge on any atom is 0.159 e. The van der Waals surface area contributed by atoms with Crippen LogP contribution in [0.3, 0.4) is 0 Å². The summed E-state index contributed by atoms with van der Waals surface area (Å²) in [6, 6.07) is 17.4. The van der Waals surface area contributed by atoms with Crippen molar-refractivity contribution in [2.75, 3.05) is 23.0 Å². The smallest absolute Gasteiger partial charge is 0.159 e. The number of ether oxygens (including phenoxy) is 1. The topological polar surface area (TPSA) is 98.0 Å². The molecule has 4 N–H and O–H groups in total. The van der Waals surface area contributed by atoms with Crippen molar-refractivity contribution < 1.29 is 4.74 Å². The zero-order valence-electron chi connectivity index (χ0n) is 15.4. The monoisotopic (exact) mass is 372 g/mol. The number of aromatic nitrogens is 3. The summed E-state index contributed by atoms with van der Waals surface area (Å²) >= 11 is 0. The van der Waals surface area contributed by atoms with Crippen LogP contribution in [0.15, 0.2) is 67.1 Å². The molecule has 0 radical (unpaired) electrons. The number of nitrogens with two attached hydrogens (primary N) is 1. The van der Waals surface area contributed by atoms with Crippen LogP contribution < -0.4 is 21.1 Å². The van der Waals surface area contributed by atoms with Crippen molar-refractivity contribution in [1.82, 2.24) is 15.0 Å². The second-order valence-electron chi connectivity index (χ2n) is 6.07. The lowest BCUT2D eigenvalue weighted by Crippen LogP contribution is -2.05. The van der Waals surface area contributed by atoms with Gasteiger partial charge in [-0.2, -0.15) is 0 Å². The molecule has 0 saturated heterocycles. The standard InChI is InChI=1S/C21H20N6O/c1-2-28-16-10-8-15(9-11-16)26-20-18(22)21(25-13-24-20)27-17-7-3-5-14-6-4-12-23-19(14)17/h3-13H,2,22H2,1H3,(H2,24,25,26,27). The number of anilines is 5. The predicted octanol–water partition coefficient (Wildman–Crippen LogP) is 4.49. The molecule has 0 aliphatic heterocycles. The van der Waals surface area contributed by atoms with Gasteiger partial charge in [-0.05, 0) is 43.3 Å². The average molecular weight is 372 g/mol. The van der Waals surface area contributed by atoms with Gasteiger partial charge in [-0.1, -0.05) is 18.2 Å². The molecule has 28 heavy (non-hydrogen) atoms. The van der Waals surface area contributed by atoms with Gasteiger partial charge in [0, 0.05) is 17.3 Å². The third kappa shape index (κ3) is 3.64. The van der Waals surface area contributed by atoms with E-state index >= 15 is 0 Å². The Kier molecular flexibility index (Phi) is 4.88. The number of nitrogens with one attached hydrogen (secondary N) is 2. The van der Waals surface area contributed by atoms with Crippen LogP contribution in [0.4, 0.5) is 28.7 Å². The second kappa shape index (κ2) is 7.79. The fourth-order valence-corrected chi connectivity index (χ4v) is 2.87. The summed E-state index contributed by atoms with van der Waals surface area (Å²) in [5.41, 5.74) is 9.26. The Morgan fingerprint density at radius 1 is 0.893 bits per heavy atom. The molecule has 0 aliphatic carbocycles. The van der Waals surface area contributed by atoms with Gasteiger partial charge >= 0.3 is 0 Å². The van der Waals surface area contributed by atoms with E-state index in [0.717, 1.165) is 28.0 Å². The second-order valence-corrected chi connectivity index (χ2v) is 6.07. The minimum Gasteiger partial charge on any atom is -0.494 e. The number of benzene rings is 2. The quantitative estimate of drug-likeness (QED) is 0.458. The zero-order valence-corrected chi connectivity index (χ0v) is 15.4. The fraction of sp³-hybridized carbons (Fsp3) is 0.0952. The van der Waals surface area contributed by atoms with Crippen molar-refractivity contribution in [3.63, 3.8) is 0 Å². The van der Waals surface area contributed by atoms with Crippen molar-refractivity contribution >= 4 is 39.6 Å². The molecule has 140 valence electrons. The number of para-hydroxylation sites is 1. The first-order valence-corrected chi connectivity index (χ1v) is 8.95. The Morgan fingerprint density at radius 2 is 1.64 bits per heavy atom. The van der Waals surface area contributed by atoms with Gasteiger partial charge in [0.15, 0.2) is 11.6 Å². The summed E-state index contributed by atoms with van der Waals surface area (Å²) in [6.07, 6.45) is 3.23. The molecule has 0 aliphatic rings.